The summed E-state index contributed by atoms with van der Waals surface area (Å²) in [6.45, 7) is 0.772. The number of rotatable bonds is 3. The Morgan fingerprint density at radius 3 is 2.74 bits per heavy atom. The number of carboxylic acid groups (broad SMARTS) is 1. The van der Waals surface area contributed by atoms with Crippen molar-refractivity contribution in [1.29, 1.82) is 0 Å². The number of carboxylic acids is 1. The van der Waals surface area contributed by atoms with Gasteiger partial charge in [-0.2, -0.15) is 0 Å². The molecule has 2 aliphatic rings. The van der Waals surface area contributed by atoms with Gasteiger partial charge in [0.05, 0.1) is 30.9 Å². The van der Waals surface area contributed by atoms with E-state index in [0.29, 0.717) is 5.56 Å². The van der Waals surface area contributed by atoms with Crippen molar-refractivity contribution in [2.24, 2.45) is 0 Å². The molecule has 1 aliphatic carbocycles. The molecule has 1 atom stereocenters. The van der Waals surface area contributed by atoms with Crippen LogP contribution in [0.15, 0.2) is 48.0 Å². The maximum atomic E-state index is 10.9. The largest absolute Gasteiger partial charge is 0.497 e. The molecule has 4 rings (SSSR count). The number of benzene rings is 2. The third-order valence-corrected chi connectivity index (χ3v) is 4.37. The standard InChI is InChI=1S/C18H16N2O3/c1-23-15-7-4-12-8-13-10-20(19-17(13)16(12)9-15)14-5-2-11(3-6-14)18(21)22/h2-9,17,19H,10H2,1H3,(H,21,22). The van der Waals surface area contributed by atoms with Crippen LogP contribution in [0.5, 0.6) is 5.75 Å². The number of hydrogen-bond donors (Lipinski definition) is 2. The summed E-state index contributed by atoms with van der Waals surface area (Å²) in [5.74, 6) is -0.0593. The van der Waals surface area contributed by atoms with Gasteiger partial charge in [-0.1, -0.05) is 12.1 Å². The molecular weight excluding hydrogens is 292 g/mol. The molecule has 5 nitrogen and oxygen atoms in total. The van der Waals surface area contributed by atoms with Gasteiger partial charge in [-0.15, -0.1) is 0 Å². The van der Waals surface area contributed by atoms with Gasteiger partial charge < -0.3 is 14.9 Å². The Kier molecular flexibility index (Phi) is 3.09. The van der Waals surface area contributed by atoms with E-state index in [4.69, 9.17) is 9.84 Å². The maximum Gasteiger partial charge on any atom is 0.335 e. The van der Waals surface area contributed by atoms with Crippen molar-refractivity contribution in [2.75, 3.05) is 18.7 Å². The minimum absolute atomic E-state index is 0.152. The van der Waals surface area contributed by atoms with Crippen molar-refractivity contribution >= 4 is 17.7 Å². The minimum Gasteiger partial charge on any atom is -0.497 e. The highest BCUT2D eigenvalue weighted by atomic mass is 16.5. The van der Waals surface area contributed by atoms with E-state index in [1.165, 1.54) is 16.7 Å². The Balaban J connectivity index is 1.59. The van der Waals surface area contributed by atoms with E-state index in [1.54, 1.807) is 19.2 Å². The van der Waals surface area contributed by atoms with E-state index in [9.17, 15) is 4.79 Å². The van der Waals surface area contributed by atoms with Crippen LogP contribution < -0.4 is 15.2 Å². The molecule has 5 heteroatoms. The highest BCUT2D eigenvalue weighted by molar-refractivity contribution is 5.88. The fourth-order valence-corrected chi connectivity index (χ4v) is 3.17. The molecule has 0 radical (unpaired) electrons. The number of methoxy groups -OCH3 is 1. The molecule has 0 bridgehead atoms. The van der Waals surface area contributed by atoms with Crippen LogP contribution in [0.4, 0.5) is 5.69 Å². The lowest BCUT2D eigenvalue weighted by atomic mass is 10.1. The van der Waals surface area contributed by atoms with Crippen LogP contribution in [0.2, 0.25) is 0 Å². The normalized spacial score (nSPS) is 18.4. The Hall–Kier alpha value is -2.79. The average Bonchev–Trinajstić information content (AvgIpc) is 3.12. The molecular formula is C18H16N2O3. The van der Waals surface area contributed by atoms with Gasteiger partial charge in [0.2, 0.25) is 0 Å². The van der Waals surface area contributed by atoms with E-state index in [1.807, 2.05) is 23.2 Å². The van der Waals surface area contributed by atoms with Crippen LogP contribution in [0.25, 0.3) is 6.08 Å². The summed E-state index contributed by atoms with van der Waals surface area (Å²) in [6.07, 6.45) is 2.21. The molecule has 1 saturated heterocycles. The molecule has 1 fully saturated rings. The summed E-state index contributed by atoms with van der Waals surface area (Å²) in [6, 6.07) is 13.2. The van der Waals surface area contributed by atoms with Gasteiger partial charge in [-0.25, -0.2) is 10.2 Å². The predicted molar refractivity (Wildman–Crippen MR) is 87.6 cm³/mol. The molecule has 2 aromatic rings. The van der Waals surface area contributed by atoms with Crippen LogP contribution in [-0.4, -0.2) is 24.7 Å². The zero-order valence-corrected chi connectivity index (χ0v) is 12.6. The molecule has 1 heterocycles. The van der Waals surface area contributed by atoms with E-state index >= 15 is 0 Å². The number of hydrazine groups is 1. The minimum atomic E-state index is -0.911. The van der Waals surface area contributed by atoms with Gasteiger partial charge in [-0.3, -0.25) is 0 Å². The quantitative estimate of drug-likeness (QED) is 0.913. The lowest BCUT2D eigenvalue weighted by Gasteiger charge is -2.20. The summed E-state index contributed by atoms with van der Waals surface area (Å²) in [5, 5.41) is 11.0. The molecule has 0 amide bonds. The van der Waals surface area contributed by atoms with Crippen molar-refractivity contribution in [3.05, 3.63) is 64.7 Å². The maximum absolute atomic E-state index is 10.9. The topological polar surface area (TPSA) is 61.8 Å². The van der Waals surface area contributed by atoms with Crippen LogP contribution >= 0.6 is 0 Å². The number of carbonyl (C=O) groups is 1. The van der Waals surface area contributed by atoms with Crippen LogP contribution in [0, 0.1) is 0 Å². The zero-order chi connectivity index (χ0) is 16.0. The van der Waals surface area contributed by atoms with Gasteiger partial charge in [0.15, 0.2) is 0 Å². The fraction of sp³-hybridized carbons (Fsp3) is 0.167. The van der Waals surface area contributed by atoms with E-state index in [0.717, 1.165) is 18.0 Å². The number of nitrogens with one attached hydrogen (secondary N) is 1. The van der Waals surface area contributed by atoms with Crippen molar-refractivity contribution in [3.8, 4) is 5.75 Å². The van der Waals surface area contributed by atoms with Crippen molar-refractivity contribution in [3.63, 3.8) is 0 Å². The lowest BCUT2D eigenvalue weighted by Crippen LogP contribution is -2.32. The summed E-state index contributed by atoms with van der Waals surface area (Å²) >= 11 is 0. The average molecular weight is 308 g/mol. The molecule has 1 aliphatic heterocycles. The van der Waals surface area contributed by atoms with Crippen LogP contribution in [0.1, 0.15) is 27.5 Å². The second-order valence-electron chi connectivity index (χ2n) is 5.71. The molecule has 23 heavy (non-hydrogen) atoms. The van der Waals surface area contributed by atoms with Gasteiger partial charge >= 0.3 is 5.97 Å². The fourth-order valence-electron chi connectivity index (χ4n) is 3.17. The Bertz CT molecular complexity index is 812. The van der Waals surface area contributed by atoms with Gasteiger partial charge in [0.1, 0.15) is 5.75 Å². The highest BCUT2D eigenvalue weighted by Crippen LogP contribution is 2.40. The number of fused-ring (bicyclic) bond motifs is 3. The van der Waals surface area contributed by atoms with Crippen LogP contribution in [-0.2, 0) is 0 Å². The first-order chi connectivity index (χ1) is 11.2. The van der Waals surface area contributed by atoms with E-state index in [2.05, 4.69) is 23.6 Å². The van der Waals surface area contributed by atoms with Crippen molar-refractivity contribution in [1.82, 2.24) is 5.43 Å². The number of nitrogens with zero attached hydrogens (tertiary/aromatic N) is 1. The second-order valence-corrected chi connectivity index (χ2v) is 5.71. The summed E-state index contributed by atoms with van der Waals surface area (Å²) in [5.41, 5.74) is 8.47. The Labute approximate surface area is 133 Å². The smallest absolute Gasteiger partial charge is 0.335 e. The molecule has 0 spiro atoms. The number of hydrogen-bond acceptors (Lipinski definition) is 4. The second kappa shape index (κ2) is 5.14. The third-order valence-electron chi connectivity index (χ3n) is 4.37. The summed E-state index contributed by atoms with van der Waals surface area (Å²) in [7, 11) is 1.67. The molecule has 0 aromatic heterocycles. The monoisotopic (exact) mass is 308 g/mol. The van der Waals surface area contributed by atoms with Crippen molar-refractivity contribution < 1.29 is 14.6 Å². The number of anilines is 1. The lowest BCUT2D eigenvalue weighted by molar-refractivity contribution is 0.0697. The highest BCUT2D eigenvalue weighted by Gasteiger charge is 2.33. The Morgan fingerprint density at radius 2 is 2.04 bits per heavy atom. The first kappa shape index (κ1) is 13.8. The molecule has 0 saturated carbocycles. The first-order valence-electron chi connectivity index (χ1n) is 7.41. The molecule has 2 aromatic carbocycles. The van der Waals surface area contributed by atoms with Gasteiger partial charge in [0, 0.05) is 0 Å². The SMILES string of the molecule is COc1ccc2c(c1)C1NN(c3ccc(C(=O)O)cc3)CC1=C2. The Morgan fingerprint density at radius 1 is 1.26 bits per heavy atom. The van der Waals surface area contributed by atoms with Gasteiger partial charge in [-0.05, 0) is 53.1 Å². The first-order valence-corrected chi connectivity index (χ1v) is 7.41. The van der Waals surface area contributed by atoms with Crippen molar-refractivity contribution in [2.45, 2.75) is 6.04 Å². The summed E-state index contributed by atoms with van der Waals surface area (Å²) in [4.78, 5) is 10.9. The van der Waals surface area contributed by atoms with Gasteiger partial charge in [0.25, 0.3) is 0 Å². The van der Waals surface area contributed by atoms with Crippen LogP contribution in [0.3, 0.4) is 0 Å². The molecule has 2 N–H and O–H groups in total. The number of aromatic carboxylic acids is 1. The zero-order valence-electron chi connectivity index (χ0n) is 12.6. The summed E-state index contributed by atoms with van der Waals surface area (Å²) < 4.78 is 5.31. The molecule has 1 unspecified atom stereocenters. The number of ether oxygens (including phenoxy) is 1. The predicted octanol–water partition coefficient (Wildman–Crippen LogP) is 2.86. The van der Waals surface area contributed by atoms with E-state index < -0.39 is 5.97 Å². The molecule has 116 valence electrons. The third kappa shape index (κ3) is 2.26. The van der Waals surface area contributed by atoms with E-state index in [-0.39, 0.29) is 6.04 Å².